The standard InChI is InChI=1S/C18H24N2O/c1-3-10-21-17-12-15(19)11-16(13-17)20-18(4-2)14-8-6-5-7-9-14/h5-9,11-13,18,20H,3-4,10,19H2,1-2H3. The fourth-order valence-corrected chi connectivity index (χ4v) is 2.32. The molecule has 1 unspecified atom stereocenters. The summed E-state index contributed by atoms with van der Waals surface area (Å²) in [5.74, 6) is 0.822. The SMILES string of the molecule is CCCOc1cc(N)cc(NC(CC)c2ccccc2)c1. The van der Waals surface area contributed by atoms with Crippen LogP contribution in [0.1, 0.15) is 38.3 Å². The summed E-state index contributed by atoms with van der Waals surface area (Å²) in [5.41, 5.74) is 8.96. The molecule has 2 aromatic rings. The van der Waals surface area contributed by atoms with Crippen molar-refractivity contribution in [2.75, 3.05) is 17.7 Å². The summed E-state index contributed by atoms with van der Waals surface area (Å²) in [6.45, 7) is 4.97. The molecule has 0 saturated heterocycles. The maximum absolute atomic E-state index is 5.97. The van der Waals surface area contributed by atoms with E-state index < -0.39 is 0 Å². The first-order chi connectivity index (χ1) is 10.2. The average molecular weight is 284 g/mol. The van der Waals surface area contributed by atoms with Crippen LogP contribution in [0.15, 0.2) is 48.5 Å². The van der Waals surface area contributed by atoms with E-state index in [0.29, 0.717) is 12.3 Å². The van der Waals surface area contributed by atoms with E-state index in [9.17, 15) is 0 Å². The molecule has 2 aromatic carbocycles. The lowest BCUT2D eigenvalue weighted by Gasteiger charge is -2.20. The van der Waals surface area contributed by atoms with Gasteiger partial charge in [0.1, 0.15) is 5.75 Å². The van der Waals surface area contributed by atoms with E-state index in [1.807, 2.05) is 24.3 Å². The van der Waals surface area contributed by atoms with Gasteiger partial charge < -0.3 is 15.8 Å². The van der Waals surface area contributed by atoms with E-state index in [1.165, 1.54) is 5.56 Å². The minimum Gasteiger partial charge on any atom is -0.493 e. The van der Waals surface area contributed by atoms with Crippen molar-refractivity contribution in [3.8, 4) is 5.75 Å². The number of anilines is 2. The highest BCUT2D eigenvalue weighted by Gasteiger charge is 2.09. The van der Waals surface area contributed by atoms with E-state index >= 15 is 0 Å². The highest BCUT2D eigenvalue weighted by molar-refractivity contribution is 5.60. The number of ether oxygens (including phenoxy) is 1. The van der Waals surface area contributed by atoms with Crippen molar-refractivity contribution in [3.63, 3.8) is 0 Å². The molecule has 0 bridgehead atoms. The molecule has 0 aliphatic rings. The maximum Gasteiger partial charge on any atom is 0.123 e. The Hall–Kier alpha value is -2.16. The van der Waals surface area contributed by atoms with Gasteiger partial charge >= 0.3 is 0 Å². The molecule has 0 amide bonds. The second kappa shape index (κ2) is 7.58. The van der Waals surface area contributed by atoms with E-state index in [-0.39, 0.29) is 6.04 Å². The Kier molecular flexibility index (Phi) is 5.50. The first kappa shape index (κ1) is 15.2. The van der Waals surface area contributed by atoms with Gasteiger partial charge in [-0.2, -0.15) is 0 Å². The van der Waals surface area contributed by atoms with E-state index in [1.54, 1.807) is 0 Å². The van der Waals surface area contributed by atoms with Gasteiger partial charge in [0.05, 0.1) is 12.6 Å². The van der Waals surface area contributed by atoms with Crippen LogP contribution >= 0.6 is 0 Å². The van der Waals surface area contributed by atoms with Crippen molar-refractivity contribution in [1.29, 1.82) is 0 Å². The quantitative estimate of drug-likeness (QED) is 0.729. The van der Waals surface area contributed by atoms with Crippen molar-refractivity contribution >= 4 is 11.4 Å². The average Bonchev–Trinajstić information content (AvgIpc) is 2.51. The molecule has 112 valence electrons. The topological polar surface area (TPSA) is 47.3 Å². The number of rotatable bonds is 7. The normalized spacial score (nSPS) is 11.9. The number of nitrogens with one attached hydrogen (secondary N) is 1. The number of nitrogen functional groups attached to an aromatic ring is 1. The lowest BCUT2D eigenvalue weighted by atomic mass is 10.0. The Morgan fingerprint density at radius 2 is 1.86 bits per heavy atom. The summed E-state index contributed by atoms with van der Waals surface area (Å²) in [4.78, 5) is 0. The molecule has 0 aliphatic heterocycles. The van der Waals surface area contributed by atoms with Gasteiger partial charge in [0, 0.05) is 23.5 Å². The first-order valence-electron chi connectivity index (χ1n) is 7.57. The molecule has 1 atom stereocenters. The summed E-state index contributed by atoms with van der Waals surface area (Å²) in [7, 11) is 0. The minimum atomic E-state index is 0.270. The Morgan fingerprint density at radius 3 is 2.52 bits per heavy atom. The minimum absolute atomic E-state index is 0.270. The van der Waals surface area contributed by atoms with Crippen LogP contribution in [0.5, 0.6) is 5.75 Å². The number of nitrogens with two attached hydrogens (primary N) is 1. The van der Waals surface area contributed by atoms with Gasteiger partial charge in [0.25, 0.3) is 0 Å². The zero-order valence-corrected chi connectivity index (χ0v) is 12.8. The maximum atomic E-state index is 5.97. The first-order valence-corrected chi connectivity index (χ1v) is 7.57. The van der Waals surface area contributed by atoms with Crippen molar-refractivity contribution in [1.82, 2.24) is 0 Å². The second-order valence-corrected chi connectivity index (χ2v) is 5.16. The van der Waals surface area contributed by atoms with Gasteiger partial charge in [-0.15, -0.1) is 0 Å². The van der Waals surface area contributed by atoms with Gasteiger partial charge in [0.2, 0.25) is 0 Å². The number of hydrogen-bond acceptors (Lipinski definition) is 3. The zero-order valence-electron chi connectivity index (χ0n) is 12.8. The van der Waals surface area contributed by atoms with Crippen LogP contribution < -0.4 is 15.8 Å². The third-order valence-electron chi connectivity index (χ3n) is 3.35. The molecule has 21 heavy (non-hydrogen) atoms. The molecule has 0 heterocycles. The molecule has 0 spiro atoms. The summed E-state index contributed by atoms with van der Waals surface area (Å²) >= 11 is 0. The highest BCUT2D eigenvalue weighted by Crippen LogP contribution is 2.27. The smallest absolute Gasteiger partial charge is 0.123 e. The summed E-state index contributed by atoms with van der Waals surface area (Å²) in [6, 6.07) is 16.5. The van der Waals surface area contributed by atoms with Crippen LogP contribution in [-0.2, 0) is 0 Å². The van der Waals surface area contributed by atoms with Gasteiger partial charge in [-0.05, 0) is 24.5 Å². The van der Waals surface area contributed by atoms with Gasteiger partial charge in [-0.1, -0.05) is 44.2 Å². The summed E-state index contributed by atoms with van der Waals surface area (Å²) in [6.07, 6.45) is 1.99. The van der Waals surface area contributed by atoms with Gasteiger partial charge in [-0.25, -0.2) is 0 Å². The largest absolute Gasteiger partial charge is 0.493 e. The van der Waals surface area contributed by atoms with Crippen molar-refractivity contribution in [2.24, 2.45) is 0 Å². The fraction of sp³-hybridized carbons (Fsp3) is 0.333. The molecule has 2 rings (SSSR count). The fourth-order valence-electron chi connectivity index (χ4n) is 2.32. The molecule has 0 fully saturated rings. The van der Waals surface area contributed by atoms with Crippen molar-refractivity contribution in [3.05, 3.63) is 54.1 Å². The van der Waals surface area contributed by atoms with Crippen LogP contribution in [-0.4, -0.2) is 6.61 Å². The van der Waals surface area contributed by atoms with E-state index in [0.717, 1.165) is 24.3 Å². The van der Waals surface area contributed by atoms with Crippen LogP contribution in [0.25, 0.3) is 0 Å². The summed E-state index contributed by atoms with van der Waals surface area (Å²) < 4.78 is 5.68. The Bertz CT molecular complexity index is 554. The van der Waals surface area contributed by atoms with Crippen molar-refractivity contribution in [2.45, 2.75) is 32.7 Å². The Labute approximate surface area is 127 Å². The van der Waals surface area contributed by atoms with Crippen LogP contribution in [0.4, 0.5) is 11.4 Å². The molecule has 0 saturated carbocycles. The van der Waals surface area contributed by atoms with Crippen LogP contribution in [0.3, 0.4) is 0 Å². The van der Waals surface area contributed by atoms with Crippen molar-refractivity contribution < 1.29 is 4.74 Å². The third kappa shape index (κ3) is 4.42. The molecule has 0 aliphatic carbocycles. The number of benzene rings is 2. The molecule has 0 radical (unpaired) electrons. The molecule has 3 nitrogen and oxygen atoms in total. The van der Waals surface area contributed by atoms with Crippen LogP contribution in [0.2, 0.25) is 0 Å². The lowest BCUT2D eigenvalue weighted by molar-refractivity contribution is 0.318. The zero-order chi connectivity index (χ0) is 15.1. The van der Waals surface area contributed by atoms with E-state index in [2.05, 4.69) is 43.4 Å². The third-order valence-corrected chi connectivity index (χ3v) is 3.35. The molecular formula is C18H24N2O. The van der Waals surface area contributed by atoms with Gasteiger partial charge in [0.15, 0.2) is 0 Å². The van der Waals surface area contributed by atoms with Crippen LogP contribution in [0, 0.1) is 0 Å². The second-order valence-electron chi connectivity index (χ2n) is 5.16. The lowest BCUT2D eigenvalue weighted by Crippen LogP contribution is -2.10. The Morgan fingerprint density at radius 1 is 1.10 bits per heavy atom. The van der Waals surface area contributed by atoms with Gasteiger partial charge in [-0.3, -0.25) is 0 Å². The Balaban J connectivity index is 2.15. The molecule has 0 aromatic heterocycles. The highest BCUT2D eigenvalue weighted by atomic mass is 16.5. The number of hydrogen-bond donors (Lipinski definition) is 2. The molecule has 3 heteroatoms. The summed E-state index contributed by atoms with van der Waals surface area (Å²) in [5, 5.41) is 3.54. The predicted molar refractivity (Wildman–Crippen MR) is 89.7 cm³/mol. The van der Waals surface area contributed by atoms with E-state index in [4.69, 9.17) is 10.5 Å². The molecular weight excluding hydrogens is 260 g/mol. The monoisotopic (exact) mass is 284 g/mol. The predicted octanol–water partition coefficient (Wildman–Crippen LogP) is 4.62. The molecule has 3 N–H and O–H groups in total.